The highest BCUT2D eigenvalue weighted by Gasteiger charge is 2.10. The standard InChI is InChI=1S/C16H12N2O2/c1-10-9-12(7-8-17-10)14-6-5-11-3-2-4-13(16(19)20)15(11)18-14/h2-9H,1H3,(H,19,20). The zero-order valence-corrected chi connectivity index (χ0v) is 10.9. The van der Waals surface area contributed by atoms with Crippen molar-refractivity contribution in [2.45, 2.75) is 6.92 Å². The summed E-state index contributed by atoms with van der Waals surface area (Å²) < 4.78 is 0. The van der Waals surface area contributed by atoms with Gasteiger partial charge in [-0.2, -0.15) is 0 Å². The van der Waals surface area contributed by atoms with E-state index >= 15 is 0 Å². The molecule has 0 spiro atoms. The third kappa shape index (κ3) is 2.12. The largest absolute Gasteiger partial charge is 0.478 e. The van der Waals surface area contributed by atoms with E-state index in [1.165, 1.54) is 0 Å². The average Bonchev–Trinajstić information content (AvgIpc) is 2.46. The number of rotatable bonds is 2. The number of pyridine rings is 2. The number of hydrogen-bond donors (Lipinski definition) is 1. The summed E-state index contributed by atoms with van der Waals surface area (Å²) in [6.45, 7) is 1.91. The summed E-state index contributed by atoms with van der Waals surface area (Å²) in [6, 6.07) is 12.7. The van der Waals surface area contributed by atoms with E-state index in [1.807, 2.05) is 37.3 Å². The summed E-state index contributed by atoms with van der Waals surface area (Å²) in [5.74, 6) is -0.967. The van der Waals surface area contributed by atoms with Gasteiger partial charge in [-0.25, -0.2) is 9.78 Å². The van der Waals surface area contributed by atoms with Crippen molar-refractivity contribution in [3.63, 3.8) is 0 Å². The van der Waals surface area contributed by atoms with Crippen LogP contribution >= 0.6 is 0 Å². The first-order valence-corrected chi connectivity index (χ1v) is 6.21. The van der Waals surface area contributed by atoms with Gasteiger partial charge in [-0.05, 0) is 31.2 Å². The van der Waals surface area contributed by atoms with Crippen molar-refractivity contribution in [3.8, 4) is 11.3 Å². The Morgan fingerprint density at radius 2 is 2.00 bits per heavy atom. The first kappa shape index (κ1) is 12.3. The summed E-state index contributed by atoms with van der Waals surface area (Å²) in [7, 11) is 0. The number of carboxylic acids is 1. The highest BCUT2D eigenvalue weighted by molar-refractivity contribution is 6.02. The summed E-state index contributed by atoms with van der Waals surface area (Å²) in [4.78, 5) is 19.9. The molecule has 0 atom stereocenters. The summed E-state index contributed by atoms with van der Waals surface area (Å²) in [6.07, 6.45) is 1.72. The van der Waals surface area contributed by atoms with E-state index < -0.39 is 5.97 Å². The molecular formula is C16H12N2O2. The van der Waals surface area contributed by atoms with Crippen molar-refractivity contribution in [3.05, 3.63) is 59.9 Å². The van der Waals surface area contributed by atoms with Crippen LogP contribution in [0.3, 0.4) is 0 Å². The molecule has 3 rings (SSSR count). The maximum Gasteiger partial charge on any atom is 0.337 e. The lowest BCUT2D eigenvalue weighted by atomic mass is 10.1. The molecule has 0 saturated carbocycles. The Morgan fingerprint density at radius 3 is 2.75 bits per heavy atom. The molecular weight excluding hydrogens is 252 g/mol. The van der Waals surface area contributed by atoms with Gasteiger partial charge in [0.25, 0.3) is 0 Å². The van der Waals surface area contributed by atoms with Crippen LogP contribution in [-0.4, -0.2) is 21.0 Å². The number of hydrogen-bond acceptors (Lipinski definition) is 3. The molecule has 0 fully saturated rings. The number of nitrogens with zero attached hydrogens (tertiary/aromatic N) is 2. The predicted octanol–water partition coefficient (Wildman–Crippen LogP) is 3.30. The van der Waals surface area contributed by atoms with Crippen molar-refractivity contribution in [1.29, 1.82) is 0 Å². The summed E-state index contributed by atoms with van der Waals surface area (Å²) >= 11 is 0. The fraction of sp³-hybridized carbons (Fsp3) is 0.0625. The van der Waals surface area contributed by atoms with Crippen LogP contribution in [0, 0.1) is 6.92 Å². The number of para-hydroxylation sites is 1. The Bertz CT molecular complexity index is 812. The first-order chi connectivity index (χ1) is 9.65. The maximum absolute atomic E-state index is 11.3. The van der Waals surface area contributed by atoms with Crippen LogP contribution in [0.15, 0.2) is 48.7 Å². The third-order valence-electron chi connectivity index (χ3n) is 3.14. The van der Waals surface area contributed by atoms with Crippen molar-refractivity contribution in [2.24, 2.45) is 0 Å². The van der Waals surface area contributed by atoms with Gasteiger partial charge in [-0.1, -0.05) is 18.2 Å². The minimum Gasteiger partial charge on any atom is -0.478 e. The van der Waals surface area contributed by atoms with Crippen molar-refractivity contribution < 1.29 is 9.90 Å². The number of carboxylic acid groups (broad SMARTS) is 1. The summed E-state index contributed by atoms with van der Waals surface area (Å²) in [5, 5.41) is 10.1. The molecule has 0 aliphatic rings. The first-order valence-electron chi connectivity index (χ1n) is 6.21. The van der Waals surface area contributed by atoms with E-state index in [0.29, 0.717) is 5.52 Å². The normalized spacial score (nSPS) is 10.7. The number of fused-ring (bicyclic) bond motifs is 1. The lowest BCUT2D eigenvalue weighted by Crippen LogP contribution is -1.99. The number of carbonyl (C=O) groups is 1. The van der Waals surface area contributed by atoms with E-state index in [0.717, 1.165) is 22.3 Å². The quantitative estimate of drug-likeness (QED) is 0.771. The third-order valence-corrected chi connectivity index (χ3v) is 3.14. The smallest absolute Gasteiger partial charge is 0.337 e. The molecule has 98 valence electrons. The van der Waals surface area contributed by atoms with Gasteiger partial charge in [-0.3, -0.25) is 4.98 Å². The van der Waals surface area contributed by atoms with Crippen LogP contribution in [0.2, 0.25) is 0 Å². The van der Waals surface area contributed by atoms with Gasteiger partial charge < -0.3 is 5.11 Å². The summed E-state index contributed by atoms with van der Waals surface area (Å²) in [5.41, 5.74) is 3.30. The van der Waals surface area contributed by atoms with Gasteiger partial charge in [0.2, 0.25) is 0 Å². The second-order valence-electron chi connectivity index (χ2n) is 4.56. The van der Waals surface area contributed by atoms with E-state index in [1.54, 1.807) is 18.3 Å². The molecule has 4 nitrogen and oxygen atoms in total. The number of aromatic carboxylic acids is 1. The fourth-order valence-corrected chi connectivity index (χ4v) is 2.19. The number of benzene rings is 1. The molecule has 0 amide bonds. The lowest BCUT2D eigenvalue weighted by Gasteiger charge is -2.06. The molecule has 0 saturated heterocycles. The molecule has 0 aliphatic heterocycles. The van der Waals surface area contributed by atoms with Crippen LogP contribution in [0.5, 0.6) is 0 Å². The minimum absolute atomic E-state index is 0.218. The highest BCUT2D eigenvalue weighted by Crippen LogP contribution is 2.23. The number of aromatic nitrogens is 2. The Kier molecular flexibility index (Phi) is 2.91. The van der Waals surface area contributed by atoms with Gasteiger partial charge in [0.05, 0.1) is 16.8 Å². The van der Waals surface area contributed by atoms with E-state index in [9.17, 15) is 9.90 Å². The lowest BCUT2D eigenvalue weighted by molar-refractivity contribution is 0.0699. The molecule has 20 heavy (non-hydrogen) atoms. The topological polar surface area (TPSA) is 63.1 Å². The second-order valence-corrected chi connectivity index (χ2v) is 4.56. The van der Waals surface area contributed by atoms with Gasteiger partial charge in [-0.15, -0.1) is 0 Å². The molecule has 0 radical (unpaired) electrons. The predicted molar refractivity (Wildman–Crippen MR) is 76.7 cm³/mol. The van der Waals surface area contributed by atoms with Crippen LogP contribution in [-0.2, 0) is 0 Å². The molecule has 2 aromatic heterocycles. The Morgan fingerprint density at radius 1 is 1.15 bits per heavy atom. The van der Waals surface area contributed by atoms with E-state index in [4.69, 9.17) is 0 Å². The molecule has 3 aromatic rings. The minimum atomic E-state index is -0.967. The average molecular weight is 264 g/mol. The van der Waals surface area contributed by atoms with Crippen LogP contribution < -0.4 is 0 Å². The maximum atomic E-state index is 11.3. The van der Waals surface area contributed by atoms with Crippen LogP contribution in [0.4, 0.5) is 0 Å². The van der Waals surface area contributed by atoms with Gasteiger partial charge in [0.1, 0.15) is 0 Å². The van der Waals surface area contributed by atoms with Crippen LogP contribution in [0.25, 0.3) is 22.2 Å². The fourth-order valence-electron chi connectivity index (χ4n) is 2.19. The van der Waals surface area contributed by atoms with E-state index in [2.05, 4.69) is 9.97 Å². The van der Waals surface area contributed by atoms with E-state index in [-0.39, 0.29) is 5.56 Å². The molecule has 0 unspecified atom stereocenters. The number of aryl methyl sites for hydroxylation is 1. The Hall–Kier alpha value is -2.75. The molecule has 0 aliphatic carbocycles. The molecule has 1 N–H and O–H groups in total. The molecule has 4 heteroatoms. The molecule has 1 aromatic carbocycles. The highest BCUT2D eigenvalue weighted by atomic mass is 16.4. The Balaban J connectivity index is 2.24. The van der Waals surface area contributed by atoms with Crippen molar-refractivity contribution in [2.75, 3.05) is 0 Å². The molecule has 0 bridgehead atoms. The zero-order valence-electron chi connectivity index (χ0n) is 10.9. The molecule has 2 heterocycles. The Labute approximate surface area is 115 Å². The van der Waals surface area contributed by atoms with Gasteiger partial charge in [0.15, 0.2) is 0 Å². The second kappa shape index (κ2) is 4.74. The van der Waals surface area contributed by atoms with Crippen LogP contribution in [0.1, 0.15) is 16.1 Å². The SMILES string of the molecule is Cc1cc(-c2ccc3cccc(C(=O)O)c3n2)ccn1. The van der Waals surface area contributed by atoms with Crippen molar-refractivity contribution >= 4 is 16.9 Å². The zero-order chi connectivity index (χ0) is 14.1. The van der Waals surface area contributed by atoms with Crippen molar-refractivity contribution in [1.82, 2.24) is 9.97 Å². The van der Waals surface area contributed by atoms with Gasteiger partial charge in [0, 0.05) is 22.8 Å². The van der Waals surface area contributed by atoms with Gasteiger partial charge >= 0.3 is 5.97 Å². The monoisotopic (exact) mass is 264 g/mol.